The number of rotatable bonds is 8. The molecule has 0 aromatic heterocycles. The van der Waals surface area contributed by atoms with Crippen LogP contribution in [-0.4, -0.2) is 32.5 Å². The van der Waals surface area contributed by atoms with E-state index in [2.05, 4.69) is 9.47 Å². The van der Waals surface area contributed by atoms with Crippen molar-refractivity contribution in [2.75, 3.05) is 14.2 Å². The zero-order chi connectivity index (χ0) is 14.9. The van der Waals surface area contributed by atoms with Gasteiger partial charge < -0.3 is 9.47 Å². The maximum Gasteiger partial charge on any atom is 0.398 e. The highest BCUT2D eigenvalue weighted by atomic mass is 19.4. The van der Waals surface area contributed by atoms with Crippen LogP contribution < -0.4 is 0 Å². The van der Waals surface area contributed by atoms with Crippen LogP contribution in [0.4, 0.5) is 13.2 Å². The molecular weight excluding hydrogens is 261 g/mol. The molecule has 0 aromatic carbocycles. The zero-order valence-corrected chi connectivity index (χ0v) is 11.5. The number of carbonyl (C=O) groups excluding carboxylic acids is 1. The van der Waals surface area contributed by atoms with Gasteiger partial charge in [-0.2, -0.15) is 13.2 Å². The molecule has 112 valence electrons. The van der Waals surface area contributed by atoms with Crippen LogP contribution in [0.15, 0.2) is 12.2 Å². The number of esters is 1. The van der Waals surface area contributed by atoms with Gasteiger partial charge in [-0.25, -0.2) is 4.79 Å². The number of allylic oxidation sites excluding steroid dienone is 1. The van der Waals surface area contributed by atoms with Gasteiger partial charge in [0.05, 0.1) is 7.11 Å². The minimum atomic E-state index is -4.55. The molecule has 0 fully saturated rings. The first-order chi connectivity index (χ1) is 8.88. The highest BCUT2D eigenvalue weighted by Crippen LogP contribution is 2.32. The Balaban J connectivity index is 4.76. The number of unbranched alkanes of at least 4 members (excludes halogenated alkanes) is 3. The molecule has 0 saturated heterocycles. The SMILES string of the molecule is CCCCC/C=C/[C@H]([C@H](OC)C(=O)OC)C(F)(F)F. The van der Waals surface area contributed by atoms with Crippen molar-refractivity contribution >= 4 is 5.97 Å². The molecule has 0 aromatic rings. The molecule has 19 heavy (non-hydrogen) atoms. The smallest absolute Gasteiger partial charge is 0.398 e. The fourth-order valence-corrected chi connectivity index (χ4v) is 1.64. The first-order valence-corrected chi connectivity index (χ1v) is 6.22. The number of ether oxygens (including phenoxy) is 2. The number of alkyl halides is 3. The first kappa shape index (κ1) is 18.0. The average Bonchev–Trinajstić information content (AvgIpc) is 2.35. The van der Waals surface area contributed by atoms with Gasteiger partial charge in [-0.3, -0.25) is 0 Å². The number of methoxy groups -OCH3 is 2. The summed E-state index contributed by atoms with van der Waals surface area (Å²) in [5.74, 6) is -3.00. The van der Waals surface area contributed by atoms with Gasteiger partial charge in [-0.1, -0.05) is 31.9 Å². The molecule has 0 rings (SSSR count). The maximum atomic E-state index is 12.9. The number of halogens is 3. The van der Waals surface area contributed by atoms with Gasteiger partial charge in [0.2, 0.25) is 0 Å². The highest BCUT2D eigenvalue weighted by Gasteiger charge is 2.46. The van der Waals surface area contributed by atoms with Crippen molar-refractivity contribution in [2.45, 2.75) is 44.9 Å². The summed E-state index contributed by atoms with van der Waals surface area (Å²) in [7, 11) is 2.10. The molecular formula is C13H21F3O3. The van der Waals surface area contributed by atoms with E-state index in [0.717, 1.165) is 39.6 Å². The second kappa shape index (κ2) is 8.96. The fourth-order valence-electron chi connectivity index (χ4n) is 1.64. The Morgan fingerprint density at radius 2 is 1.89 bits per heavy atom. The molecule has 0 aliphatic carbocycles. The van der Waals surface area contributed by atoms with Gasteiger partial charge in [-0.15, -0.1) is 0 Å². The third-order valence-corrected chi connectivity index (χ3v) is 2.71. The van der Waals surface area contributed by atoms with Crippen LogP contribution in [0.2, 0.25) is 0 Å². The summed E-state index contributed by atoms with van der Waals surface area (Å²) in [5, 5.41) is 0. The van der Waals surface area contributed by atoms with Gasteiger partial charge in [0.25, 0.3) is 0 Å². The fraction of sp³-hybridized carbons (Fsp3) is 0.769. The van der Waals surface area contributed by atoms with Gasteiger partial charge >= 0.3 is 12.1 Å². The van der Waals surface area contributed by atoms with Gasteiger partial charge in [0.1, 0.15) is 5.92 Å². The Morgan fingerprint density at radius 1 is 1.26 bits per heavy atom. The van der Waals surface area contributed by atoms with E-state index in [0.29, 0.717) is 6.42 Å². The molecule has 0 radical (unpaired) electrons. The molecule has 0 spiro atoms. The Hall–Kier alpha value is -1.04. The second-order valence-electron chi connectivity index (χ2n) is 4.17. The number of carbonyl (C=O) groups is 1. The molecule has 6 heteroatoms. The van der Waals surface area contributed by atoms with Crippen molar-refractivity contribution in [1.29, 1.82) is 0 Å². The van der Waals surface area contributed by atoms with E-state index in [1.807, 2.05) is 6.92 Å². The molecule has 0 heterocycles. The number of hydrogen-bond donors (Lipinski definition) is 0. The molecule has 2 atom stereocenters. The second-order valence-corrected chi connectivity index (χ2v) is 4.17. The molecule has 0 N–H and O–H groups in total. The summed E-state index contributed by atoms with van der Waals surface area (Å²) in [4.78, 5) is 11.3. The number of hydrogen-bond acceptors (Lipinski definition) is 3. The van der Waals surface area contributed by atoms with Gasteiger partial charge in [0.15, 0.2) is 6.10 Å². The van der Waals surface area contributed by atoms with Crippen molar-refractivity contribution in [3.8, 4) is 0 Å². The quantitative estimate of drug-likeness (QED) is 0.388. The minimum Gasteiger partial charge on any atom is -0.467 e. The molecule has 0 bridgehead atoms. The summed E-state index contributed by atoms with van der Waals surface area (Å²) in [5.41, 5.74) is 0. The first-order valence-electron chi connectivity index (χ1n) is 6.22. The van der Waals surface area contributed by atoms with Crippen molar-refractivity contribution in [3.05, 3.63) is 12.2 Å². The van der Waals surface area contributed by atoms with Crippen molar-refractivity contribution in [3.63, 3.8) is 0 Å². The van der Waals surface area contributed by atoms with Gasteiger partial charge in [0, 0.05) is 7.11 Å². The lowest BCUT2D eigenvalue weighted by atomic mass is 10.00. The predicted octanol–water partition coefficient (Wildman–Crippen LogP) is 3.49. The summed E-state index contributed by atoms with van der Waals surface area (Å²) < 4.78 is 47.6. The maximum absolute atomic E-state index is 12.9. The van der Waals surface area contributed by atoms with E-state index in [9.17, 15) is 18.0 Å². The Labute approximate surface area is 111 Å². The topological polar surface area (TPSA) is 35.5 Å². The van der Waals surface area contributed by atoms with Crippen molar-refractivity contribution < 1.29 is 27.4 Å². The normalized spacial score (nSPS) is 15.5. The zero-order valence-electron chi connectivity index (χ0n) is 11.5. The Morgan fingerprint density at radius 3 is 2.32 bits per heavy atom. The summed E-state index contributed by atoms with van der Waals surface area (Å²) in [6.45, 7) is 2.01. The Kier molecular flexibility index (Phi) is 8.47. The van der Waals surface area contributed by atoms with Crippen LogP contribution in [0.1, 0.15) is 32.6 Å². The van der Waals surface area contributed by atoms with Crippen LogP contribution in [0.3, 0.4) is 0 Å². The highest BCUT2D eigenvalue weighted by molar-refractivity contribution is 5.75. The predicted molar refractivity (Wildman–Crippen MR) is 65.6 cm³/mol. The van der Waals surface area contributed by atoms with E-state index in [-0.39, 0.29) is 0 Å². The van der Waals surface area contributed by atoms with Crippen LogP contribution in [0.5, 0.6) is 0 Å². The van der Waals surface area contributed by atoms with E-state index in [1.54, 1.807) is 0 Å². The third-order valence-electron chi connectivity index (χ3n) is 2.71. The largest absolute Gasteiger partial charge is 0.467 e. The molecule has 0 unspecified atom stereocenters. The van der Waals surface area contributed by atoms with E-state index >= 15 is 0 Å². The van der Waals surface area contributed by atoms with Crippen molar-refractivity contribution in [2.24, 2.45) is 5.92 Å². The molecule has 0 aliphatic heterocycles. The van der Waals surface area contributed by atoms with Crippen molar-refractivity contribution in [1.82, 2.24) is 0 Å². The van der Waals surface area contributed by atoms with Crippen LogP contribution in [0.25, 0.3) is 0 Å². The lowest BCUT2D eigenvalue weighted by Crippen LogP contribution is -2.40. The van der Waals surface area contributed by atoms with Crippen LogP contribution >= 0.6 is 0 Å². The lowest BCUT2D eigenvalue weighted by molar-refractivity contribution is -0.200. The molecule has 0 aliphatic rings. The van der Waals surface area contributed by atoms with Crippen LogP contribution in [-0.2, 0) is 14.3 Å². The van der Waals surface area contributed by atoms with Crippen LogP contribution in [0, 0.1) is 5.92 Å². The molecule has 3 nitrogen and oxygen atoms in total. The standard InChI is InChI=1S/C13H21F3O3/c1-4-5-6-7-8-9-10(13(14,15)16)11(18-2)12(17)19-3/h8-11H,4-7H2,1-3H3/b9-8+/t10-,11+/m1/s1. The summed E-state index contributed by atoms with van der Waals surface area (Å²) in [6.07, 6.45) is -0.427. The van der Waals surface area contributed by atoms with E-state index < -0.39 is 24.2 Å². The average molecular weight is 282 g/mol. The summed E-state index contributed by atoms with van der Waals surface area (Å²) in [6, 6.07) is 0. The lowest BCUT2D eigenvalue weighted by Gasteiger charge is -2.23. The molecule has 0 saturated carbocycles. The monoisotopic (exact) mass is 282 g/mol. The summed E-state index contributed by atoms with van der Waals surface area (Å²) >= 11 is 0. The van der Waals surface area contributed by atoms with E-state index in [4.69, 9.17) is 0 Å². The van der Waals surface area contributed by atoms with Gasteiger partial charge in [-0.05, 0) is 12.8 Å². The Bertz CT molecular complexity index is 287. The minimum absolute atomic E-state index is 0.554. The molecule has 0 amide bonds. The van der Waals surface area contributed by atoms with E-state index in [1.165, 1.54) is 6.08 Å². The third kappa shape index (κ3) is 6.61.